The van der Waals surface area contributed by atoms with Gasteiger partial charge in [-0.15, -0.1) is 0 Å². The van der Waals surface area contributed by atoms with Gasteiger partial charge in [0.25, 0.3) is 0 Å². The van der Waals surface area contributed by atoms with Crippen molar-refractivity contribution in [2.45, 2.75) is 26.2 Å². The summed E-state index contributed by atoms with van der Waals surface area (Å²) in [6.45, 7) is 2.83. The number of pyridine rings is 1. The predicted octanol–water partition coefficient (Wildman–Crippen LogP) is 1.90. The molecule has 0 fully saturated rings. The van der Waals surface area contributed by atoms with Crippen molar-refractivity contribution in [3.8, 4) is 0 Å². The van der Waals surface area contributed by atoms with Gasteiger partial charge in [0, 0.05) is 12.7 Å². The molecule has 20 heavy (non-hydrogen) atoms. The summed E-state index contributed by atoms with van der Waals surface area (Å²) >= 11 is 0. The number of rotatable bonds is 5. The fourth-order valence-electron chi connectivity index (χ4n) is 2.33. The lowest BCUT2D eigenvalue weighted by molar-refractivity contribution is -0.120. The quantitative estimate of drug-likeness (QED) is 0.619. The number of hydrogen-bond acceptors (Lipinski definition) is 3. The smallest absolute Gasteiger partial charge is 0.224 e. The molecule has 0 unspecified atom stereocenters. The first-order chi connectivity index (χ1) is 9.79. The number of carbonyl (C=O) groups excluding carboxylic acids is 1. The van der Waals surface area contributed by atoms with E-state index in [1.807, 2.05) is 6.20 Å². The number of nitrogens with zero attached hydrogens (tertiary/aromatic N) is 2. The van der Waals surface area contributed by atoms with Gasteiger partial charge >= 0.3 is 0 Å². The standard InChI is InChI=1S/C14H17N5O/c1-2-3-4-15-11(20)5-9-6-16-14-12(9)13-10(7-17-14)18-8-19-13/h6-8H,2-5H2,1H3,(H,15,20)(H,16,17)(H,18,19). The lowest BCUT2D eigenvalue weighted by Crippen LogP contribution is -2.25. The summed E-state index contributed by atoms with van der Waals surface area (Å²) in [6, 6.07) is 0. The number of H-pyrrole nitrogens is 2. The molecule has 6 nitrogen and oxygen atoms in total. The number of unbranched alkanes of at least 4 members (excludes halogenated alkanes) is 1. The molecule has 0 bridgehead atoms. The predicted molar refractivity (Wildman–Crippen MR) is 77.4 cm³/mol. The Morgan fingerprint density at radius 2 is 2.25 bits per heavy atom. The van der Waals surface area contributed by atoms with Gasteiger partial charge in [-0.1, -0.05) is 13.3 Å². The first-order valence-electron chi connectivity index (χ1n) is 6.84. The zero-order valence-electron chi connectivity index (χ0n) is 11.4. The zero-order chi connectivity index (χ0) is 13.9. The fourth-order valence-corrected chi connectivity index (χ4v) is 2.33. The van der Waals surface area contributed by atoms with Gasteiger partial charge in [0.05, 0.1) is 29.8 Å². The van der Waals surface area contributed by atoms with Crippen molar-refractivity contribution >= 4 is 28.0 Å². The molecule has 3 rings (SSSR count). The minimum absolute atomic E-state index is 0.0342. The van der Waals surface area contributed by atoms with Gasteiger partial charge in [0.15, 0.2) is 0 Å². The van der Waals surface area contributed by atoms with Gasteiger partial charge < -0.3 is 15.3 Å². The molecule has 0 aliphatic heterocycles. The maximum absolute atomic E-state index is 11.9. The van der Waals surface area contributed by atoms with Crippen LogP contribution < -0.4 is 5.32 Å². The molecule has 0 aliphatic rings. The number of amides is 1. The zero-order valence-corrected chi connectivity index (χ0v) is 11.4. The number of fused-ring (bicyclic) bond motifs is 3. The fraction of sp³-hybridized carbons (Fsp3) is 0.357. The molecule has 0 saturated heterocycles. The molecule has 0 spiro atoms. The Balaban J connectivity index is 1.88. The second-order valence-corrected chi connectivity index (χ2v) is 4.84. The minimum atomic E-state index is 0.0342. The Morgan fingerprint density at radius 1 is 1.35 bits per heavy atom. The summed E-state index contributed by atoms with van der Waals surface area (Å²) in [6.07, 6.45) is 7.65. The molecule has 3 N–H and O–H groups in total. The van der Waals surface area contributed by atoms with Crippen LogP contribution in [-0.2, 0) is 11.2 Å². The monoisotopic (exact) mass is 271 g/mol. The SMILES string of the molecule is CCCCNC(=O)Cc1c[nH]c2ncc3[nH]cnc3c12. The van der Waals surface area contributed by atoms with Gasteiger partial charge in [0.1, 0.15) is 11.2 Å². The van der Waals surface area contributed by atoms with Crippen LogP contribution in [-0.4, -0.2) is 32.4 Å². The van der Waals surface area contributed by atoms with Gasteiger partial charge in [-0.25, -0.2) is 9.97 Å². The molecule has 6 heteroatoms. The second-order valence-electron chi connectivity index (χ2n) is 4.84. The summed E-state index contributed by atoms with van der Waals surface area (Å²) in [7, 11) is 0. The molecule has 3 heterocycles. The van der Waals surface area contributed by atoms with Crippen LogP contribution in [0.4, 0.5) is 0 Å². The summed E-state index contributed by atoms with van der Waals surface area (Å²) in [5, 5.41) is 3.85. The van der Waals surface area contributed by atoms with E-state index in [0.717, 1.165) is 47.0 Å². The first kappa shape index (κ1) is 12.7. The third kappa shape index (κ3) is 2.24. The average Bonchev–Trinajstić information content (AvgIpc) is 3.05. The number of hydrogen-bond donors (Lipinski definition) is 3. The first-order valence-corrected chi connectivity index (χ1v) is 6.84. The van der Waals surface area contributed by atoms with Crippen LogP contribution in [0.25, 0.3) is 22.1 Å². The molecular weight excluding hydrogens is 254 g/mol. The Kier molecular flexibility index (Phi) is 3.37. The number of nitrogens with one attached hydrogen (secondary N) is 3. The number of aromatic amines is 2. The van der Waals surface area contributed by atoms with Crippen molar-refractivity contribution in [1.82, 2.24) is 25.3 Å². The van der Waals surface area contributed by atoms with Gasteiger partial charge in [-0.3, -0.25) is 4.79 Å². The van der Waals surface area contributed by atoms with Crippen LogP contribution >= 0.6 is 0 Å². The molecule has 3 aromatic rings. The van der Waals surface area contributed by atoms with E-state index in [0.29, 0.717) is 6.42 Å². The van der Waals surface area contributed by atoms with E-state index in [1.165, 1.54) is 0 Å². The largest absolute Gasteiger partial charge is 0.356 e. The average molecular weight is 271 g/mol. The molecular formula is C14H17N5O. The summed E-state index contributed by atoms with van der Waals surface area (Å²) in [5.41, 5.74) is 3.43. The highest BCUT2D eigenvalue weighted by atomic mass is 16.1. The topological polar surface area (TPSA) is 86.5 Å². The summed E-state index contributed by atoms with van der Waals surface area (Å²) in [5.74, 6) is 0.0342. The third-order valence-corrected chi connectivity index (χ3v) is 3.37. The maximum Gasteiger partial charge on any atom is 0.224 e. The highest BCUT2D eigenvalue weighted by Gasteiger charge is 2.13. The van der Waals surface area contributed by atoms with Gasteiger partial charge in [-0.2, -0.15) is 0 Å². The molecule has 104 valence electrons. The van der Waals surface area contributed by atoms with Gasteiger partial charge in [-0.05, 0) is 12.0 Å². The van der Waals surface area contributed by atoms with Crippen LogP contribution in [0, 0.1) is 0 Å². The van der Waals surface area contributed by atoms with Crippen molar-refractivity contribution in [2.75, 3.05) is 6.54 Å². The molecule has 1 amide bonds. The Morgan fingerprint density at radius 3 is 3.10 bits per heavy atom. The van der Waals surface area contributed by atoms with E-state index in [-0.39, 0.29) is 5.91 Å². The minimum Gasteiger partial charge on any atom is -0.356 e. The van der Waals surface area contributed by atoms with E-state index in [4.69, 9.17) is 0 Å². The molecule has 0 radical (unpaired) electrons. The summed E-state index contributed by atoms with van der Waals surface area (Å²) in [4.78, 5) is 26.7. The highest BCUT2D eigenvalue weighted by Crippen LogP contribution is 2.24. The van der Waals surface area contributed by atoms with Crippen molar-refractivity contribution < 1.29 is 4.79 Å². The van der Waals surface area contributed by atoms with E-state index in [9.17, 15) is 4.79 Å². The Hall–Kier alpha value is -2.37. The van der Waals surface area contributed by atoms with Crippen LogP contribution in [0.3, 0.4) is 0 Å². The van der Waals surface area contributed by atoms with E-state index in [2.05, 4.69) is 32.2 Å². The highest BCUT2D eigenvalue weighted by molar-refractivity contribution is 6.04. The number of carbonyl (C=O) groups is 1. The van der Waals surface area contributed by atoms with Crippen LogP contribution in [0.2, 0.25) is 0 Å². The van der Waals surface area contributed by atoms with E-state index >= 15 is 0 Å². The summed E-state index contributed by atoms with van der Waals surface area (Å²) < 4.78 is 0. The van der Waals surface area contributed by atoms with Crippen molar-refractivity contribution in [2.24, 2.45) is 0 Å². The number of imidazole rings is 1. The van der Waals surface area contributed by atoms with Crippen LogP contribution in [0.1, 0.15) is 25.3 Å². The molecule has 0 aromatic carbocycles. The molecule has 0 saturated carbocycles. The molecule has 0 atom stereocenters. The van der Waals surface area contributed by atoms with Crippen molar-refractivity contribution in [1.29, 1.82) is 0 Å². The van der Waals surface area contributed by atoms with Crippen molar-refractivity contribution in [3.05, 3.63) is 24.3 Å². The molecule has 3 aromatic heterocycles. The van der Waals surface area contributed by atoms with E-state index < -0.39 is 0 Å². The van der Waals surface area contributed by atoms with Crippen LogP contribution in [0.15, 0.2) is 18.7 Å². The second kappa shape index (κ2) is 5.32. The Bertz CT molecular complexity index is 742. The number of aromatic nitrogens is 4. The molecule has 0 aliphatic carbocycles. The van der Waals surface area contributed by atoms with Gasteiger partial charge in [0.2, 0.25) is 5.91 Å². The lowest BCUT2D eigenvalue weighted by Gasteiger charge is -2.03. The van der Waals surface area contributed by atoms with Crippen molar-refractivity contribution in [3.63, 3.8) is 0 Å². The third-order valence-electron chi connectivity index (χ3n) is 3.37. The maximum atomic E-state index is 11.9. The normalized spacial score (nSPS) is 11.2. The Labute approximate surface area is 116 Å². The lowest BCUT2D eigenvalue weighted by atomic mass is 10.1. The van der Waals surface area contributed by atoms with Crippen LogP contribution in [0.5, 0.6) is 0 Å². The van der Waals surface area contributed by atoms with E-state index in [1.54, 1.807) is 12.5 Å².